The minimum atomic E-state index is -0.502. The van der Waals surface area contributed by atoms with Gasteiger partial charge in [0.05, 0.1) is 6.21 Å². The van der Waals surface area contributed by atoms with Gasteiger partial charge in [-0.3, -0.25) is 9.59 Å². The van der Waals surface area contributed by atoms with E-state index in [0.717, 1.165) is 11.1 Å². The normalized spacial score (nSPS) is 10.5. The number of carbonyl (C=O) groups excluding carboxylic acids is 2. The van der Waals surface area contributed by atoms with Gasteiger partial charge in [0, 0.05) is 11.3 Å². The van der Waals surface area contributed by atoms with Gasteiger partial charge in [-0.25, -0.2) is 5.43 Å². The molecule has 2 N–H and O–H groups in total. The van der Waals surface area contributed by atoms with E-state index in [1.807, 2.05) is 60.7 Å². The lowest BCUT2D eigenvalue weighted by Gasteiger charge is -2.09. The second-order valence-corrected chi connectivity index (χ2v) is 6.20. The van der Waals surface area contributed by atoms with Crippen LogP contribution >= 0.6 is 0 Å². The maximum absolute atomic E-state index is 11.9. The highest BCUT2D eigenvalue weighted by atomic mass is 16.5. The summed E-state index contributed by atoms with van der Waals surface area (Å²) < 4.78 is 5.84. The van der Waals surface area contributed by atoms with E-state index < -0.39 is 11.8 Å². The molecule has 3 rings (SSSR count). The van der Waals surface area contributed by atoms with Gasteiger partial charge < -0.3 is 10.1 Å². The van der Waals surface area contributed by atoms with Crippen LogP contribution in [0.2, 0.25) is 0 Å². The first kappa shape index (κ1) is 19.8. The predicted molar refractivity (Wildman–Crippen MR) is 113 cm³/mol. The number of amides is 2. The Morgan fingerprint density at radius 1 is 0.828 bits per heavy atom. The van der Waals surface area contributed by atoms with Gasteiger partial charge in [-0.1, -0.05) is 60.7 Å². The molecule has 0 bridgehead atoms. The van der Waals surface area contributed by atoms with Crippen LogP contribution in [0.15, 0.2) is 90.0 Å². The van der Waals surface area contributed by atoms with Crippen molar-refractivity contribution in [1.29, 1.82) is 0 Å². The minimum absolute atomic E-state index is 0.321. The summed E-state index contributed by atoms with van der Waals surface area (Å²) in [5.41, 5.74) is 4.77. The zero-order chi connectivity index (χ0) is 20.3. The van der Waals surface area contributed by atoms with Gasteiger partial charge in [-0.05, 0) is 29.8 Å². The molecule has 6 heteroatoms. The molecule has 0 fully saturated rings. The molecule has 0 atom stereocenters. The first-order valence-electron chi connectivity index (χ1n) is 9.13. The van der Waals surface area contributed by atoms with E-state index in [1.165, 1.54) is 6.21 Å². The van der Waals surface area contributed by atoms with E-state index >= 15 is 0 Å². The average Bonchev–Trinajstić information content (AvgIpc) is 2.74. The number of rotatable bonds is 8. The summed E-state index contributed by atoms with van der Waals surface area (Å²) in [6, 6.07) is 26.2. The number of ether oxygens (including phenoxy) is 1. The highest BCUT2D eigenvalue weighted by Gasteiger charge is 2.09. The predicted octanol–water partition coefficient (Wildman–Crippen LogP) is 3.74. The molecule has 29 heavy (non-hydrogen) atoms. The molecular formula is C23H21N3O3. The molecule has 2 amide bonds. The largest absolute Gasteiger partial charge is 0.488 e. The van der Waals surface area contributed by atoms with Crippen molar-refractivity contribution in [3.63, 3.8) is 0 Å². The topological polar surface area (TPSA) is 79.8 Å². The number of hydrazone groups is 1. The SMILES string of the molecule is O=C(CC(=O)Nc1ccccc1)NN=Cc1ccccc1OCc1ccccc1. The molecule has 0 radical (unpaired) electrons. The maximum Gasteiger partial charge on any atom is 0.249 e. The van der Waals surface area contributed by atoms with Gasteiger partial charge in [0.25, 0.3) is 0 Å². The van der Waals surface area contributed by atoms with Crippen LogP contribution in [0.25, 0.3) is 0 Å². The van der Waals surface area contributed by atoms with E-state index in [-0.39, 0.29) is 6.42 Å². The highest BCUT2D eigenvalue weighted by molar-refractivity contribution is 6.03. The van der Waals surface area contributed by atoms with Crippen molar-refractivity contribution < 1.29 is 14.3 Å². The second kappa shape index (κ2) is 10.4. The molecule has 6 nitrogen and oxygen atoms in total. The van der Waals surface area contributed by atoms with Crippen LogP contribution in [-0.4, -0.2) is 18.0 Å². The summed E-state index contributed by atoms with van der Waals surface area (Å²) in [5, 5.41) is 6.58. The number of hydrogen-bond donors (Lipinski definition) is 2. The third-order valence-corrected chi connectivity index (χ3v) is 3.93. The fourth-order valence-corrected chi connectivity index (χ4v) is 2.54. The van der Waals surface area contributed by atoms with Crippen molar-refractivity contribution in [2.45, 2.75) is 13.0 Å². The molecule has 3 aromatic rings. The van der Waals surface area contributed by atoms with Crippen molar-refractivity contribution in [2.75, 3.05) is 5.32 Å². The van der Waals surface area contributed by atoms with Gasteiger partial charge in [-0.2, -0.15) is 5.10 Å². The number of benzene rings is 3. The number of para-hydroxylation sites is 2. The molecule has 146 valence electrons. The standard InChI is InChI=1S/C23H21N3O3/c27-22(25-20-12-5-2-6-13-20)15-23(28)26-24-16-19-11-7-8-14-21(19)29-17-18-9-3-1-4-10-18/h1-14,16H,15,17H2,(H,25,27)(H,26,28). The van der Waals surface area contributed by atoms with Crippen molar-refractivity contribution in [2.24, 2.45) is 5.10 Å². The molecule has 0 aromatic heterocycles. The van der Waals surface area contributed by atoms with E-state index in [1.54, 1.807) is 24.3 Å². The Balaban J connectivity index is 1.50. The Labute approximate surface area is 169 Å². The summed E-state index contributed by atoms with van der Waals surface area (Å²) in [7, 11) is 0. The van der Waals surface area contributed by atoms with Crippen molar-refractivity contribution in [3.05, 3.63) is 96.1 Å². The first-order valence-corrected chi connectivity index (χ1v) is 9.13. The van der Waals surface area contributed by atoms with Gasteiger partial charge in [0.2, 0.25) is 11.8 Å². The molecule has 0 aliphatic heterocycles. The van der Waals surface area contributed by atoms with E-state index in [0.29, 0.717) is 18.0 Å². The quantitative estimate of drug-likeness (QED) is 0.351. The van der Waals surface area contributed by atoms with Crippen molar-refractivity contribution in [3.8, 4) is 5.75 Å². The summed E-state index contributed by atoms with van der Waals surface area (Å²) >= 11 is 0. The number of anilines is 1. The second-order valence-electron chi connectivity index (χ2n) is 6.20. The van der Waals surface area contributed by atoms with Crippen LogP contribution in [0, 0.1) is 0 Å². The highest BCUT2D eigenvalue weighted by Crippen LogP contribution is 2.17. The molecule has 0 saturated heterocycles. The average molecular weight is 387 g/mol. The van der Waals surface area contributed by atoms with Crippen LogP contribution in [0.1, 0.15) is 17.5 Å². The molecule has 0 heterocycles. The summed E-state index contributed by atoms with van der Waals surface area (Å²) in [5.74, 6) is -0.260. The van der Waals surface area contributed by atoms with E-state index in [4.69, 9.17) is 4.74 Å². The molecule has 3 aromatic carbocycles. The van der Waals surface area contributed by atoms with Crippen molar-refractivity contribution in [1.82, 2.24) is 5.43 Å². The van der Waals surface area contributed by atoms with E-state index in [2.05, 4.69) is 15.8 Å². The molecule has 0 unspecified atom stereocenters. The Kier molecular flexibility index (Phi) is 7.12. The van der Waals surface area contributed by atoms with Gasteiger partial charge in [-0.15, -0.1) is 0 Å². The molecule has 0 aliphatic carbocycles. The lowest BCUT2D eigenvalue weighted by Crippen LogP contribution is -2.24. The van der Waals surface area contributed by atoms with Crippen LogP contribution in [0.3, 0.4) is 0 Å². The third kappa shape index (κ3) is 6.62. The smallest absolute Gasteiger partial charge is 0.249 e. The molecule has 0 spiro atoms. The van der Waals surface area contributed by atoms with Gasteiger partial charge in [0.1, 0.15) is 18.8 Å². The van der Waals surface area contributed by atoms with Gasteiger partial charge >= 0.3 is 0 Å². The lowest BCUT2D eigenvalue weighted by atomic mass is 10.2. The summed E-state index contributed by atoms with van der Waals surface area (Å²) in [4.78, 5) is 23.8. The summed E-state index contributed by atoms with van der Waals surface area (Å²) in [6.45, 7) is 0.428. The Hall–Kier alpha value is -3.93. The third-order valence-electron chi connectivity index (χ3n) is 3.93. The summed E-state index contributed by atoms with van der Waals surface area (Å²) in [6.07, 6.45) is 1.17. The lowest BCUT2D eigenvalue weighted by molar-refractivity contribution is -0.126. The number of nitrogens with one attached hydrogen (secondary N) is 2. The molecule has 0 aliphatic rings. The Morgan fingerprint density at radius 3 is 2.24 bits per heavy atom. The molecule has 0 saturated carbocycles. The van der Waals surface area contributed by atoms with Gasteiger partial charge in [0.15, 0.2) is 0 Å². The Bertz CT molecular complexity index is 973. The number of carbonyl (C=O) groups is 2. The van der Waals surface area contributed by atoms with Crippen LogP contribution in [-0.2, 0) is 16.2 Å². The zero-order valence-corrected chi connectivity index (χ0v) is 15.7. The zero-order valence-electron chi connectivity index (χ0n) is 15.7. The maximum atomic E-state index is 11.9. The fourth-order valence-electron chi connectivity index (χ4n) is 2.54. The number of hydrogen-bond acceptors (Lipinski definition) is 4. The Morgan fingerprint density at radius 2 is 1.48 bits per heavy atom. The van der Waals surface area contributed by atoms with Crippen LogP contribution in [0.4, 0.5) is 5.69 Å². The van der Waals surface area contributed by atoms with Crippen LogP contribution < -0.4 is 15.5 Å². The van der Waals surface area contributed by atoms with Crippen molar-refractivity contribution >= 4 is 23.7 Å². The van der Waals surface area contributed by atoms with Crippen LogP contribution in [0.5, 0.6) is 5.75 Å². The first-order chi connectivity index (χ1) is 14.2. The molecular weight excluding hydrogens is 366 g/mol. The van der Waals surface area contributed by atoms with E-state index in [9.17, 15) is 9.59 Å². The minimum Gasteiger partial charge on any atom is -0.488 e. The fraction of sp³-hybridized carbons (Fsp3) is 0.0870. The monoisotopic (exact) mass is 387 g/mol. The number of nitrogens with zero attached hydrogens (tertiary/aromatic N) is 1.